The largest absolute Gasteiger partial charge is 0.352 e. The quantitative estimate of drug-likeness (QED) is 0.267. The van der Waals surface area contributed by atoms with E-state index in [0.717, 1.165) is 29.2 Å². The van der Waals surface area contributed by atoms with E-state index in [0.29, 0.717) is 24.3 Å². The van der Waals surface area contributed by atoms with E-state index in [1.807, 2.05) is 50.2 Å². The van der Waals surface area contributed by atoms with Crippen molar-refractivity contribution in [3.8, 4) is 0 Å². The minimum atomic E-state index is -0.734. The first kappa shape index (κ1) is 33.1. The number of halogens is 1. The molecule has 3 aromatic carbocycles. The fraction of sp³-hybridized carbons (Fsp3) is 0.444. The average Bonchev–Trinajstić information content (AvgIpc) is 3.85. The van der Waals surface area contributed by atoms with Crippen molar-refractivity contribution in [2.75, 3.05) is 26.7 Å². The predicted octanol–water partition coefficient (Wildman–Crippen LogP) is 3.72. The summed E-state index contributed by atoms with van der Waals surface area (Å²) in [7, 11) is 1.65. The molecule has 9 nitrogen and oxygen atoms in total. The molecule has 1 heterocycles. The summed E-state index contributed by atoms with van der Waals surface area (Å²) >= 11 is 0. The van der Waals surface area contributed by atoms with Crippen molar-refractivity contribution in [3.05, 3.63) is 83.7 Å². The molecule has 3 atom stereocenters. The predicted molar refractivity (Wildman–Crippen MR) is 175 cm³/mol. The third-order valence-corrected chi connectivity index (χ3v) is 8.78. The first-order valence-electron chi connectivity index (χ1n) is 16.2. The maximum Gasteiger partial charge on any atom is 0.246 e. The molecule has 1 aliphatic carbocycles. The Kier molecular flexibility index (Phi) is 10.7. The monoisotopic (exact) mass is 629 g/mol. The summed E-state index contributed by atoms with van der Waals surface area (Å²) in [5, 5.41) is 10.9. The Morgan fingerprint density at radius 1 is 0.935 bits per heavy atom. The fourth-order valence-electron chi connectivity index (χ4n) is 6.27. The molecule has 1 unspecified atom stereocenters. The molecule has 2 fully saturated rings. The van der Waals surface area contributed by atoms with Crippen molar-refractivity contribution >= 4 is 34.4 Å². The zero-order valence-electron chi connectivity index (χ0n) is 26.8. The Balaban J connectivity index is 1.39. The van der Waals surface area contributed by atoms with Crippen molar-refractivity contribution in [3.63, 3.8) is 0 Å². The highest BCUT2D eigenvalue weighted by molar-refractivity contribution is 5.94. The summed E-state index contributed by atoms with van der Waals surface area (Å²) in [4.78, 5) is 57.8. The number of rotatable bonds is 13. The van der Waals surface area contributed by atoms with Crippen LogP contribution in [0.4, 0.5) is 4.39 Å². The zero-order valence-corrected chi connectivity index (χ0v) is 26.8. The summed E-state index contributed by atoms with van der Waals surface area (Å²) in [5.74, 6) is -1.08. The standard InChI is InChI=1S/C36H44FN5O4/c1-23(2)39-35(45)31(20-25-10-11-26-6-4-5-7-28(26)18-25)42-17-16-41(32(36(42)46)19-24-8-9-24)34(44)21-30(40-33(43)22-38-3)27-12-14-29(37)15-13-27/h4-7,10-15,18,23-24,30-32,38H,8-9,16-17,19-22H2,1-3H3,(H,39,45)(H,40,43)/t30-,31?,32+/m1/s1. The van der Waals surface area contributed by atoms with Crippen LogP contribution in [-0.4, -0.2) is 78.2 Å². The van der Waals surface area contributed by atoms with Crippen LogP contribution in [0.5, 0.6) is 0 Å². The number of carbonyl (C=O) groups is 4. The molecule has 0 bridgehead atoms. The first-order valence-corrected chi connectivity index (χ1v) is 16.2. The number of carbonyl (C=O) groups excluding carboxylic acids is 4. The van der Waals surface area contributed by atoms with Crippen LogP contribution < -0.4 is 16.0 Å². The van der Waals surface area contributed by atoms with E-state index in [9.17, 15) is 23.6 Å². The van der Waals surface area contributed by atoms with Crippen LogP contribution in [0.1, 0.15) is 56.7 Å². The Bertz CT molecular complexity index is 1560. The van der Waals surface area contributed by atoms with E-state index in [4.69, 9.17) is 0 Å². The third kappa shape index (κ3) is 8.28. The van der Waals surface area contributed by atoms with Crippen molar-refractivity contribution in [1.29, 1.82) is 0 Å². The summed E-state index contributed by atoms with van der Waals surface area (Å²) in [6.45, 7) is 4.33. The number of benzene rings is 3. The molecule has 10 heteroatoms. The van der Waals surface area contributed by atoms with E-state index < -0.39 is 23.9 Å². The Hall–Kier alpha value is -4.31. The molecule has 5 rings (SSSR count). The lowest BCUT2D eigenvalue weighted by Crippen LogP contribution is -2.64. The number of fused-ring (bicyclic) bond motifs is 1. The molecule has 2 aliphatic rings. The van der Waals surface area contributed by atoms with E-state index in [-0.39, 0.29) is 55.7 Å². The number of nitrogens with one attached hydrogen (secondary N) is 3. The van der Waals surface area contributed by atoms with Crippen LogP contribution in [0, 0.1) is 11.7 Å². The van der Waals surface area contributed by atoms with Crippen LogP contribution >= 0.6 is 0 Å². The maximum absolute atomic E-state index is 14.3. The molecule has 0 aromatic heterocycles. The van der Waals surface area contributed by atoms with Gasteiger partial charge in [-0.2, -0.15) is 0 Å². The lowest BCUT2D eigenvalue weighted by molar-refractivity contribution is -0.156. The lowest BCUT2D eigenvalue weighted by atomic mass is 9.96. The number of hydrogen-bond donors (Lipinski definition) is 3. The van der Waals surface area contributed by atoms with Gasteiger partial charge in [-0.15, -0.1) is 0 Å². The van der Waals surface area contributed by atoms with Gasteiger partial charge in [0.25, 0.3) is 0 Å². The second-order valence-corrected chi connectivity index (χ2v) is 12.8. The molecular weight excluding hydrogens is 585 g/mol. The van der Waals surface area contributed by atoms with E-state index in [1.165, 1.54) is 12.1 Å². The lowest BCUT2D eigenvalue weighted by Gasteiger charge is -2.44. The highest BCUT2D eigenvalue weighted by Crippen LogP contribution is 2.37. The average molecular weight is 630 g/mol. The van der Waals surface area contributed by atoms with Crippen LogP contribution in [-0.2, 0) is 25.6 Å². The van der Waals surface area contributed by atoms with Gasteiger partial charge in [-0.25, -0.2) is 4.39 Å². The number of likely N-dealkylation sites (N-methyl/N-ethyl adjacent to an activating group) is 1. The highest BCUT2D eigenvalue weighted by Gasteiger charge is 2.44. The summed E-state index contributed by atoms with van der Waals surface area (Å²) < 4.78 is 13.7. The van der Waals surface area contributed by atoms with Gasteiger partial charge in [-0.05, 0) is 67.3 Å². The summed E-state index contributed by atoms with van der Waals surface area (Å²) in [6, 6.07) is 17.6. The van der Waals surface area contributed by atoms with E-state index >= 15 is 0 Å². The number of hydrogen-bond acceptors (Lipinski definition) is 5. The van der Waals surface area contributed by atoms with Crippen molar-refractivity contribution in [2.24, 2.45) is 5.92 Å². The molecule has 0 spiro atoms. The van der Waals surface area contributed by atoms with Crippen LogP contribution in [0.15, 0.2) is 66.7 Å². The molecule has 0 radical (unpaired) electrons. The van der Waals surface area contributed by atoms with Gasteiger partial charge in [0.1, 0.15) is 17.9 Å². The second kappa shape index (κ2) is 14.9. The van der Waals surface area contributed by atoms with Gasteiger partial charge >= 0.3 is 0 Å². The van der Waals surface area contributed by atoms with Gasteiger partial charge in [0.15, 0.2) is 0 Å². The smallest absolute Gasteiger partial charge is 0.246 e. The molecule has 1 aliphatic heterocycles. The summed E-state index contributed by atoms with van der Waals surface area (Å²) in [5.41, 5.74) is 1.55. The molecule has 3 aromatic rings. The Morgan fingerprint density at radius 3 is 2.33 bits per heavy atom. The first-order chi connectivity index (χ1) is 22.1. The maximum atomic E-state index is 14.3. The van der Waals surface area contributed by atoms with Gasteiger partial charge in [0.2, 0.25) is 23.6 Å². The minimum Gasteiger partial charge on any atom is -0.352 e. The van der Waals surface area contributed by atoms with Crippen molar-refractivity contribution in [1.82, 2.24) is 25.8 Å². The van der Waals surface area contributed by atoms with Gasteiger partial charge in [0, 0.05) is 25.6 Å². The van der Waals surface area contributed by atoms with Gasteiger partial charge in [0.05, 0.1) is 19.0 Å². The highest BCUT2D eigenvalue weighted by atomic mass is 19.1. The van der Waals surface area contributed by atoms with Crippen LogP contribution in [0.2, 0.25) is 0 Å². The molecular formula is C36H44FN5O4. The number of amides is 4. The van der Waals surface area contributed by atoms with Gasteiger partial charge in [-0.3, -0.25) is 19.2 Å². The SMILES string of the molecule is CNCC(=O)N[C@H](CC(=O)N1CCN(C(Cc2ccc3ccccc3c2)C(=O)NC(C)C)C(=O)[C@@H]1CC1CC1)c1ccc(F)cc1. The normalized spacial score (nSPS) is 18.0. The summed E-state index contributed by atoms with van der Waals surface area (Å²) in [6.07, 6.45) is 2.80. The van der Waals surface area contributed by atoms with Gasteiger partial charge in [-0.1, -0.05) is 67.4 Å². The number of piperazine rings is 1. The molecule has 244 valence electrons. The molecule has 1 saturated heterocycles. The second-order valence-electron chi connectivity index (χ2n) is 12.8. The molecule has 1 saturated carbocycles. The van der Waals surface area contributed by atoms with Crippen molar-refractivity contribution < 1.29 is 23.6 Å². The Labute approximate surface area is 269 Å². The molecule has 46 heavy (non-hydrogen) atoms. The number of nitrogens with zero attached hydrogens (tertiary/aromatic N) is 2. The van der Waals surface area contributed by atoms with Crippen molar-refractivity contribution in [2.45, 2.75) is 70.1 Å². The van der Waals surface area contributed by atoms with Crippen LogP contribution in [0.25, 0.3) is 10.8 Å². The van der Waals surface area contributed by atoms with Crippen LogP contribution in [0.3, 0.4) is 0 Å². The van der Waals surface area contributed by atoms with Gasteiger partial charge < -0.3 is 25.8 Å². The zero-order chi connectivity index (χ0) is 32.8. The van der Waals surface area contributed by atoms with E-state index in [1.54, 1.807) is 29.0 Å². The van der Waals surface area contributed by atoms with E-state index in [2.05, 4.69) is 22.0 Å². The topological polar surface area (TPSA) is 111 Å². The minimum absolute atomic E-state index is 0.0599. The third-order valence-electron chi connectivity index (χ3n) is 8.78. The molecule has 3 N–H and O–H groups in total. The Morgan fingerprint density at radius 2 is 1.65 bits per heavy atom. The fourth-order valence-corrected chi connectivity index (χ4v) is 6.27. The molecule has 4 amide bonds.